The summed E-state index contributed by atoms with van der Waals surface area (Å²) in [4.78, 5) is 0. The van der Waals surface area contributed by atoms with Crippen molar-refractivity contribution < 1.29 is 5.11 Å². The summed E-state index contributed by atoms with van der Waals surface area (Å²) >= 11 is 1.62. The highest BCUT2D eigenvalue weighted by Crippen LogP contribution is 2.20. The first-order valence-corrected chi connectivity index (χ1v) is 4.60. The van der Waals surface area contributed by atoms with Crippen LogP contribution in [-0.4, -0.2) is 5.11 Å². The molecule has 1 N–H and O–H groups in total. The first-order chi connectivity index (χ1) is 5.34. The fraction of sp³-hybridized carbons (Fsp3) is 0.333. The standard InChI is InChI=1S/C9H12OS/c1-2-3-4-9(10)8-5-6-11-7-8/h2,5-7,9-10H,1,3-4H2. The minimum atomic E-state index is -0.306. The van der Waals surface area contributed by atoms with Gasteiger partial charge < -0.3 is 5.11 Å². The Morgan fingerprint density at radius 3 is 3.09 bits per heavy atom. The molecule has 1 nitrogen and oxygen atoms in total. The van der Waals surface area contributed by atoms with Crippen LogP contribution in [0.5, 0.6) is 0 Å². The molecule has 1 aromatic heterocycles. The number of thiophene rings is 1. The Morgan fingerprint density at radius 1 is 1.73 bits per heavy atom. The smallest absolute Gasteiger partial charge is 0.0801 e. The Morgan fingerprint density at radius 2 is 2.55 bits per heavy atom. The molecule has 0 radical (unpaired) electrons. The second-order valence-corrected chi connectivity index (χ2v) is 3.22. The van der Waals surface area contributed by atoms with E-state index in [1.54, 1.807) is 11.3 Å². The van der Waals surface area contributed by atoms with Crippen LogP contribution in [0.25, 0.3) is 0 Å². The normalized spacial score (nSPS) is 12.8. The Kier molecular flexibility index (Phi) is 3.33. The molecular weight excluding hydrogens is 156 g/mol. The maximum atomic E-state index is 9.50. The van der Waals surface area contributed by atoms with Crippen molar-refractivity contribution >= 4 is 11.3 Å². The Hall–Kier alpha value is -0.600. The van der Waals surface area contributed by atoms with Gasteiger partial charge >= 0.3 is 0 Å². The van der Waals surface area contributed by atoms with Gasteiger partial charge in [0.05, 0.1) is 6.10 Å². The van der Waals surface area contributed by atoms with Gasteiger partial charge in [0.15, 0.2) is 0 Å². The summed E-state index contributed by atoms with van der Waals surface area (Å²) in [5.41, 5.74) is 1.02. The Labute approximate surface area is 71.0 Å². The highest BCUT2D eigenvalue weighted by molar-refractivity contribution is 7.07. The number of aliphatic hydroxyl groups excluding tert-OH is 1. The van der Waals surface area contributed by atoms with Crippen molar-refractivity contribution in [2.45, 2.75) is 18.9 Å². The van der Waals surface area contributed by atoms with Crippen molar-refractivity contribution in [1.29, 1.82) is 0 Å². The molecule has 1 unspecified atom stereocenters. The molecule has 60 valence electrons. The van der Waals surface area contributed by atoms with E-state index >= 15 is 0 Å². The molecular formula is C9H12OS. The van der Waals surface area contributed by atoms with Crippen LogP contribution in [0, 0.1) is 0 Å². The van der Waals surface area contributed by atoms with Gasteiger partial charge in [-0.1, -0.05) is 6.08 Å². The second kappa shape index (κ2) is 4.31. The Balaban J connectivity index is 2.42. The highest BCUT2D eigenvalue weighted by Gasteiger charge is 2.05. The Bertz CT molecular complexity index is 203. The van der Waals surface area contributed by atoms with Crippen molar-refractivity contribution in [2.24, 2.45) is 0 Å². The lowest BCUT2D eigenvalue weighted by Gasteiger charge is -2.05. The molecule has 1 rings (SSSR count). The van der Waals surface area contributed by atoms with Crippen molar-refractivity contribution in [1.82, 2.24) is 0 Å². The topological polar surface area (TPSA) is 20.2 Å². The summed E-state index contributed by atoms with van der Waals surface area (Å²) < 4.78 is 0. The van der Waals surface area contributed by atoms with E-state index in [0.717, 1.165) is 18.4 Å². The summed E-state index contributed by atoms with van der Waals surface area (Å²) in [6.45, 7) is 3.61. The van der Waals surface area contributed by atoms with Gasteiger partial charge in [0, 0.05) is 0 Å². The van der Waals surface area contributed by atoms with Crippen molar-refractivity contribution in [3.63, 3.8) is 0 Å². The number of hydrogen-bond donors (Lipinski definition) is 1. The average Bonchev–Trinajstić information content (AvgIpc) is 2.52. The van der Waals surface area contributed by atoms with Crippen molar-refractivity contribution in [3.8, 4) is 0 Å². The molecule has 0 spiro atoms. The number of allylic oxidation sites excluding steroid dienone is 1. The van der Waals surface area contributed by atoms with Gasteiger partial charge in [-0.05, 0) is 35.2 Å². The van der Waals surface area contributed by atoms with Crippen LogP contribution in [0.3, 0.4) is 0 Å². The van der Waals surface area contributed by atoms with Gasteiger partial charge in [-0.3, -0.25) is 0 Å². The second-order valence-electron chi connectivity index (χ2n) is 2.44. The third-order valence-electron chi connectivity index (χ3n) is 1.57. The van der Waals surface area contributed by atoms with Crippen molar-refractivity contribution in [3.05, 3.63) is 35.0 Å². The van der Waals surface area contributed by atoms with Gasteiger partial charge in [0.25, 0.3) is 0 Å². The zero-order valence-corrected chi connectivity index (χ0v) is 7.18. The zero-order chi connectivity index (χ0) is 8.10. The summed E-state index contributed by atoms with van der Waals surface area (Å²) in [6, 6.07) is 1.96. The van der Waals surface area contributed by atoms with Gasteiger partial charge in [0.2, 0.25) is 0 Å². The van der Waals surface area contributed by atoms with Crippen LogP contribution in [0.15, 0.2) is 29.5 Å². The van der Waals surface area contributed by atoms with Gasteiger partial charge in [0.1, 0.15) is 0 Å². The zero-order valence-electron chi connectivity index (χ0n) is 6.36. The van der Waals surface area contributed by atoms with E-state index in [4.69, 9.17) is 0 Å². The highest BCUT2D eigenvalue weighted by atomic mass is 32.1. The fourth-order valence-electron chi connectivity index (χ4n) is 0.907. The van der Waals surface area contributed by atoms with Crippen LogP contribution in [0.4, 0.5) is 0 Å². The summed E-state index contributed by atoms with van der Waals surface area (Å²) in [5, 5.41) is 13.5. The quantitative estimate of drug-likeness (QED) is 0.685. The van der Waals surface area contributed by atoms with Crippen LogP contribution < -0.4 is 0 Å². The molecule has 0 aliphatic rings. The fourth-order valence-corrected chi connectivity index (χ4v) is 1.61. The van der Waals surface area contributed by atoms with Crippen LogP contribution in [0.1, 0.15) is 24.5 Å². The molecule has 0 aliphatic carbocycles. The number of aliphatic hydroxyl groups is 1. The largest absolute Gasteiger partial charge is 0.388 e. The first kappa shape index (κ1) is 8.50. The van der Waals surface area contributed by atoms with Gasteiger partial charge in [-0.25, -0.2) is 0 Å². The number of rotatable bonds is 4. The third kappa shape index (κ3) is 2.48. The maximum absolute atomic E-state index is 9.50. The first-order valence-electron chi connectivity index (χ1n) is 3.65. The van der Waals surface area contributed by atoms with E-state index in [-0.39, 0.29) is 6.10 Å². The lowest BCUT2D eigenvalue weighted by atomic mass is 10.1. The molecule has 0 fully saturated rings. The molecule has 1 heterocycles. The molecule has 11 heavy (non-hydrogen) atoms. The molecule has 0 aliphatic heterocycles. The lowest BCUT2D eigenvalue weighted by Crippen LogP contribution is -1.93. The molecule has 0 saturated carbocycles. The van der Waals surface area contributed by atoms with Gasteiger partial charge in [-0.2, -0.15) is 11.3 Å². The monoisotopic (exact) mass is 168 g/mol. The van der Waals surface area contributed by atoms with E-state index in [0.29, 0.717) is 0 Å². The lowest BCUT2D eigenvalue weighted by molar-refractivity contribution is 0.169. The molecule has 0 aromatic carbocycles. The maximum Gasteiger partial charge on any atom is 0.0801 e. The molecule has 0 saturated heterocycles. The van der Waals surface area contributed by atoms with E-state index in [9.17, 15) is 5.11 Å². The van der Waals surface area contributed by atoms with E-state index in [1.165, 1.54) is 0 Å². The number of hydrogen-bond acceptors (Lipinski definition) is 2. The van der Waals surface area contributed by atoms with Crippen LogP contribution >= 0.6 is 11.3 Å². The third-order valence-corrected chi connectivity index (χ3v) is 2.27. The summed E-state index contributed by atoms with van der Waals surface area (Å²) in [5.74, 6) is 0. The van der Waals surface area contributed by atoms with E-state index in [2.05, 4.69) is 6.58 Å². The average molecular weight is 168 g/mol. The summed E-state index contributed by atoms with van der Waals surface area (Å²) in [7, 11) is 0. The van der Waals surface area contributed by atoms with E-state index < -0.39 is 0 Å². The summed E-state index contributed by atoms with van der Waals surface area (Å²) in [6.07, 6.45) is 3.17. The predicted octanol–water partition coefficient (Wildman–Crippen LogP) is 2.75. The van der Waals surface area contributed by atoms with Crippen LogP contribution in [-0.2, 0) is 0 Å². The SMILES string of the molecule is C=CCCC(O)c1ccsc1. The molecule has 2 heteroatoms. The van der Waals surface area contributed by atoms with Crippen molar-refractivity contribution in [2.75, 3.05) is 0 Å². The molecule has 0 bridgehead atoms. The predicted molar refractivity (Wildman–Crippen MR) is 48.7 cm³/mol. The molecule has 0 amide bonds. The van der Waals surface area contributed by atoms with Crippen LogP contribution in [0.2, 0.25) is 0 Å². The molecule has 1 atom stereocenters. The minimum absolute atomic E-state index is 0.306. The minimum Gasteiger partial charge on any atom is -0.388 e. The van der Waals surface area contributed by atoms with Gasteiger partial charge in [-0.15, -0.1) is 6.58 Å². The molecule has 1 aromatic rings. The van der Waals surface area contributed by atoms with E-state index in [1.807, 2.05) is 22.9 Å².